The lowest BCUT2D eigenvalue weighted by atomic mass is 9.94. The van der Waals surface area contributed by atoms with Gasteiger partial charge in [-0.05, 0) is 50.9 Å². The van der Waals surface area contributed by atoms with Crippen molar-refractivity contribution in [1.82, 2.24) is 4.90 Å². The SMILES string of the molecule is COC(C)(C)Cc1cccc(C2CC(CN)CN2C)c1. The summed E-state index contributed by atoms with van der Waals surface area (Å²) in [6, 6.07) is 9.44. The number of benzene rings is 1. The molecular weight excluding hydrogens is 248 g/mol. The van der Waals surface area contributed by atoms with Crippen LogP contribution in [0.25, 0.3) is 0 Å². The van der Waals surface area contributed by atoms with Crippen molar-refractivity contribution < 1.29 is 4.74 Å². The minimum absolute atomic E-state index is 0.111. The topological polar surface area (TPSA) is 38.5 Å². The summed E-state index contributed by atoms with van der Waals surface area (Å²) in [5, 5.41) is 0. The molecule has 1 heterocycles. The highest BCUT2D eigenvalue weighted by molar-refractivity contribution is 5.28. The average Bonchev–Trinajstić information content (AvgIpc) is 2.80. The molecule has 2 N–H and O–H groups in total. The molecule has 0 aromatic heterocycles. The van der Waals surface area contributed by atoms with Crippen molar-refractivity contribution >= 4 is 0 Å². The predicted octanol–water partition coefficient (Wildman–Crippen LogP) is 2.61. The van der Waals surface area contributed by atoms with Gasteiger partial charge in [-0.2, -0.15) is 0 Å². The summed E-state index contributed by atoms with van der Waals surface area (Å²) in [5.74, 6) is 0.629. The lowest BCUT2D eigenvalue weighted by molar-refractivity contribution is 0.0232. The molecule has 3 nitrogen and oxygen atoms in total. The second kappa shape index (κ2) is 6.25. The first kappa shape index (κ1) is 15.5. The number of methoxy groups -OCH3 is 1. The van der Waals surface area contributed by atoms with E-state index >= 15 is 0 Å². The van der Waals surface area contributed by atoms with Crippen molar-refractivity contribution in [3.05, 3.63) is 35.4 Å². The molecule has 20 heavy (non-hydrogen) atoms. The third-order valence-corrected chi connectivity index (χ3v) is 4.49. The normalized spacial score (nSPS) is 24.2. The van der Waals surface area contributed by atoms with Crippen LogP contribution < -0.4 is 5.73 Å². The Morgan fingerprint density at radius 3 is 2.75 bits per heavy atom. The zero-order valence-corrected chi connectivity index (χ0v) is 13.2. The minimum atomic E-state index is -0.111. The van der Waals surface area contributed by atoms with Gasteiger partial charge in [0.05, 0.1) is 5.60 Å². The maximum absolute atomic E-state index is 5.82. The smallest absolute Gasteiger partial charge is 0.0662 e. The fourth-order valence-electron chi connectivity index (χ4n) is 3.14. The van der Waals surface area contributed by atoms with Gasteiger partial charge in [-0.3, -0.25) is 4.90 Å². The number of nitrogens with zero attached hydrogens (tertiary/aromatic N) is 1. The van der Waals surface area contributed by atoms with Crippen LogP contribution in [0.4, 0.5) is 0 Å². The molecule has 1 fully saturated rings. The van der Waals surface area contributed by atoms with Crippen LogP contribution in [0.15, 0.2) is 24.3 Å². The van der Waals surface area contributed by atoms with Gasteiger partial charge in [-0.15, -0.1) is 0 Å². The average molecular weight is 276 g/mol. The fraction of sp³-hybridized carbons (Fsp3) is 0.647. The van der Waals surface area contributed by atoms with Crippen LogP contribution in [0.3, 0.4) is 0 Å². The summed E-state index contributed by atoms with van der Waals surface area (Å²) < 4.78 is 5.54. The van der Waals surface area contributed by atoms with E-state index in [0.717, 1.165) is 19.5 Å². The van der Waals surface area contributed by atoms with E-state index in [2.05, 4.69) is 50.1 Å². The monoisotopic (exact) mass is 276 g/mol. The van der Waals surface area contributed by atoms with Gasteiger partial charge in [0, 0.05) is 26.1 Å². The van der Waals surface area contributed by atoms with Crippen LogP contribution in [0.2, 0.25) is 0 Å². The van der Waals surface area contributed by atoms with Crippen LogP contribution in [-0.4, -0.2) is 37.7 Å². The second-order valence-corrected chi connectivity index (χ2v) is 6.68. The van der Waals surface area contributed by atoms with Gasteiger partial charge in [-0.1, -0.05) is 24.3 Å². The lowest BCUT2D eigenvalue weighted by Gasteiger charge is -2.24. The summed E-state index contributed by atoms with van der Waals surface area (Å²) in [6.07, 6.45) is 2.11. The summed E-state index contributed by atoms with van der Waals surface area (Å²) in [4.78, 5) is 2.43. The molecule has 1 aliphatic rings. The molecule has 1 aliphatic heterocycles. The highest BCUT2D eigenvalue weighted by atomic mass is 16.5. The Morgan fingerprint density at radius 1 is 1.40 bits per heavy atom. The van der Waals surface area contributed by atoms with E-state index in [-0.39, 0.29) is 5.60 Å². The van der Waals surface area contributed by atoms with Gasteiger partial charge < -0.3 is 10.5 Å². The fourth-order valence-corrected chi connectivity index (χ4v) is 3.14. The first-order valence-electron chi connectivity index (χ1n) is 7.49. The number of nitrogens with two attached hydrogens (primary N) is 1. The van der Waals surface area contributed by atoms with Crippen molar-refractivity contribution in [3.63, 3.8) is 0 Å². The summed E-state index contributed by atoms with van der Waals surface area (Å²) in [6.45, 7) is 6.16. The Bertz CT molecular complexity index is 444. The van der Waals surface area contributed by atoms with Crippen LogP contribution in [0.5, 0.6) is 0 Å². The number of rotatable bonds is 5. The summed E-state index contributed by atoms with van der Waals surface area (Å²) in [5.41, 5.74) is 8.47. The zero-order chi connectivity index (χ0) is 14.8. The molecule has 112 valence electrons. The highest BCUT2D eigenvalue weighted by Crippen LogP contribution is 2.34. The van der Waals surface area contributed by atoms with E-state index < -0.39 is 0 Å². The van der Waals surface area contributed by atoms with Crippen molar-refractivity contribution in [2.75, 3.05) is 27.2 Å². The molecule has 2 rings (SSSR count). The molecule has 1 aromatic rings. The van der Waals surface area contributed by atoms with E-state index in [1.54, 1.807) is 7.11 Å². The van der Waals surface area contributed by atoms with Crippen molar-refractivity contribution in [2.45, 2.75) is 38.3 Å². The Labute approximate surface area is 123 Å². The molecule has 0 saturated carbocycles. The standard InChI is InChI=1S/C17H28N2O/c1-17(2,20-4)10-13-6-5-7-15(8-13)16-9-14(11-18)12-19(16)3/h5-8,14,16H,9-12,18H2,1-4H3. The van der Waals surface area contributed by atoms with Gasteiger partial charge in [-0.25, -0.2) is 0 Å². The van der Waals surface area contributed by atoms with Crippen LogP contribution in [-0.2, 0) is 11.2 Å². The molecule has 1 saturated heterocycles. The van der Waals surface area contributed by atoms with Gasteiger partial charge in [0.1, 0.15) is 0 Å². The maximum atomic E-state index is 5.82. The molecule has 0 amide bonds. The highest BCUT2D eigenvalue weighted by Gasteiger charge is 2.29. The zero-order valence-electron chi connectivity index (χ0n) is 13.2. The van der Waals surface area contributed by atoms with Crippen molar-refractivity contribution in [3.8, 4) is 0 Å². The first-order valence-corrected chi connectivity index (χ1v) is 7.49. The van der Waals surface area contributed by atoms with E-state index in [1.807, 2.05) is 0 Å². The molecule has 0 bridgehead atoms. The molecular formula is C17H28N2O. The summed E-state index contributed by atoms with van der Waals surface area (Å²) >= 11 is 0. The number of hydrogen-bond acceptors (Lipinski definition) is 3. The van der Waals surface area contributed by atoms with Crippen molar-refractivity contribution in [2.24, 2.45) is 11.7 Å². The Hall–Kier alpha value is -0.900. The predicted molar refractivity (Wildman–Crippen MR) is 83.8 cm³/mol. The third-order valence-electron chi connectivity index (χ3n) is 4.49. The third kappa shape index (κ3) is 3.60. The molecule has 2 unspecified atom stereocenters. The quantitative estimate of drug-likeness (QED) is 0.898. The van der Waals surface area contributed by atoms with E-state index in [0.29, 0.717) is 12.0 Å². The van der Waals surface area contributed by atoms with E-state index in [9.17, 15) is 0 Å². The molecule has 2 atom stereocenters. The van der Waals surface area contributed by atoms with Gasteiger partial charge in [0.15, 0.2) is 0 Å². The van der Waals surface area contributed by atoms with E-state index in [1.165, 1.54) is 17.5 Å². The minimum Gasteiger partial charge on any atom is -0.378 e. The Morgan fingerprint density at radius 2 is 2.15 bits per heavy atom. The number of ether oxygens (including phenoxy) is 1. The molecule has 0 radical (unpaired) electrons. The van der Waals surface area contributed by atoms with Crippen LogP contribution in [0.1, 0.15) is 37.4 Å². The Balaban J connectivity index is 2.14. The molecule has 0 aliphatic carbocycles. The largest absolute Gasteiger partial charge is 0.378 e. The van der Waals surface area contributed by atoms with Crippen LogP contribution in [0, 0.1) is 5.92 Å². The van der Waals surface area contributed by atoms with Crippen LogP contribution >= 0.6 is 0 Å². The van der Waals surface area contributed by atoms with E-state index in [4.69, 9.17) is 10.5 Å². The van der Waals surface area contributed by atoms with Gasteiger partial charge in [0.2, 0.25) is 0 Å². The lowest BCUT2D eigenvalue weighted by Crippen LogP contribution is -2.25. The first-order chi connectivity index (χ1) is 9.45. The molecule has 1 aromatic carbocycles. The maximum Gasteiger partial charge on any atom is 0.0662 e. The van der Waals surface area contributed by atoms with Crippen molar-refractivity contribution in [1.29, 1.82) is 0 Å². The molecule has 0 spiro atoms. The van der Waals surface area contributed by atoms with Gasteiger partial charge in [0.25, 0.3) is 0 Å². The molecule has 3 heteroatoms. The second-order valence-electron chi connectivity index (χ2n) is 6.68. The van der Waals surface area contributed by atoms with Gasteiger partial charge >= 0.3 is 0 Å². The number of likely N-dealkylation sites (tertiary alicyclic amines) is 1. The number of hydrogen-bond donors (Lipinski definition) is 1. The summed E-state index contributed by atoms with van der Waals surface area (Å²) in [7, 11) is 3.98. The Kier molecular flexibility index (Phi) is 4.84.